The summed E-state index contributed by atoms with van der Waals surface area (Å²) in [7, 11) is 1.64. The molecule has 36 heavy (non-hydrogen) atoms. The van der Waals surface area contributed by atoms with Crippen molar-refractivity contribution in [1.29, 1.82) is 0 Å². The Morgan fingerprint density at radius 1 is 1.06 bits per heavy atom. The van der Waals surface area contributed by atoms with Gasteiger partial charge in [-0.1, -0.05) is 48.0 Å². The molecule has 0 spiro atoms. The predicted molar refractivity (Wildman–Crippen MR) is 138 cm³/mol. The normalized spacial score (nSPS) is 23.3. The van der Waals surface area contributed by atoms with E-state index in [1.165, 1.54) is 14.2 Å². The Labute approximate surface area is 213 Å². The second-order valence-corrected chi connectivity index (χ2v) is 10.7. The molecular weight excluding hydrogens is 476 g/mol. The molecule has 1 unspecified atom stereocenters. The molecule has 3 aromatic rings. The Bertz CT molecular complexity index is 1360. The van der Waals surface area contributed by atoms with Crippen LogP contribution >= 0.6 is 0 Å². The third kappa shape index (κ3) is 3.98. The molecule has 1 saturated heterocycles. The van der Waals surface area contributed by atoms with Crippen LogP contribution < -0.4 is 0 Å². The second kappa shape index (κ2) is 10.0. The topological polar surface area (TPSA) is 77.8 Å². The number of rotatable bonds is 5. The van der Waals surface area contributed by atoms with Gasteiger partial charge < -0.3 is 9.47 Å². The largest absolute Gasteiger partial charge is 0.469 e. The molecule has 0 N–H and O–H groups in total. The minimum absolute atomic E-state index is 0.0345. The standard InChI is InChI=1S/C28H30N2O5S/c1-4-18-17-29(14-15-36(33)19-10-6-5-7-11-19)23-16-21(18)25(27(31)34-2)24-20-12-8-9-13-22(20)30(26(23)24)28(32)35-3/h4-13,21,23,25H,14-17H2,1-3H3/b18-4-/t21-,23-,25-,36?/m0/s1. The van der Waals surface area contributed by atoms with E-state index in [2.05, 4.69) is 11.0 Å². The minimum Gasteiger partial charge on any atom is -0.469 e. The fourth-order valence-electron chi connectivity index (χ4n) is 5.91. The van der Waals surface area contributed by atoms with E-state index in [0.717, 1.165) is 27.1 Å². The van der Waals surface area contributed by atoms with Crippen molar-refractivity contribution in [3.63, 3.8) is 0 Å². The van der Waals surface area contributed by atoms with Gasteiger partial charge in [-0.15, -0.1) is 0 Å². The second-order valence-electron chi connectivity index (χ2n) is 9.18. The third-order valence-electron chi connectivity index (χ3n) is 7.51. The lowest BCUT2D eigenvalue weighted by Gasteiger charge is -2.47. The van der Waals surface area contributed by atoms with Crippen molar-refractivity contribution in [3.05, 3.63) is 77.5 Å². The number of allylic oxidation sites excluding steroid dienone is 1. The van der Waals surface area contributed by atoms with Crippen molar-refractivity contribution < 1.29 is 23.3 Å². The Balaban J connectivity index is 1.64. The number of fused-ring (bicyclic) bond motifs is 6. The van der Waals surface area contributed by atoms with Crippen LogP contribution in [0.25, 0.3) is 10.9 Å². The number of methoxy groups -OCH3 is 2. The van der Waals surface area contributed by atoms with E-state index in [1.54, 1.807) is 4.57 Å². The van der Waals surface area contributed by atoms with Gasteiger partial charge in [-0.3, -0.25) is 13.9 Å². The molecule has 1 aromatic heterocycles. The molecule has 7 nitrogen and oxygen atoms in total. The summed E-state index contributed by atoms with van der Waals surface area (Å²) in [5, 5.41) is 0.855. The molecule has 4 atom stereocenters. The number of piperidine rings is 1. The molecular formula is C28H30N2O5S. The first-order valence-corrected chi connectivity index (χ1v) is 13.4. The van der Waals surface area contributed by atoms with E-state index in [1.807, 2.05) is 61.5 Å². The number of ether oxygens (including phenoxy) is 2. The van der Waals surface area contributed by atoms with Gasteiger partial charge in [0, 0.05) is 35.0 Å². The smallest absolute Gasteiger partial charge is 0.418 e. The average molecular weight is 507 g/mol. The summed E-state index contributed by atoms with van der Waals surface area (Å²) in [5.74, 6) is -0.377. The first kappa shape index (κ1) is 24.5. The summed E-state index contributed by atoms with van der Waals surface area (Å²) >= 11 is 0. The van der Waals surface area contributed by atoms with Crippen LogP contribution in [0.1, 0.15) is 36.6 Å². The summed E-state index contributed by atoms with van der Waals surface area (Å²) in [6, 6.07) is 17.0. The van der Waals surface area contributed by atoms with Crippen molar-refractivity contribution in [3.8, 4) is 0 Å². The number of hydrogen-bond acceptors (Lipinski definition) is 6. The fourth-order valence-corrected chi connectivity index (χ4v) is 7.00. The first-order valence-electron chi connectivity index (χ1n) is 12.1. The van der Waals surface area contributed by atoms with E-state index in [9.17, 15) is 13.8 Å². The van der Waals surface area contributed by atoms with E-state index >= 15 is 0 Å². The predicted octanol–water partition coefficient (Wildman–Crippen LogP) is 4.64. The molecule has 2 aromatic carbocycles. The Kier molecular flexibility index (Phi) is 6.81. The highest BCUT2D eigenvalue weighted by molar-refractivity contribution is 7.85. The van der Waals surface area contributed by atoms with Crippen LogP contribution in [-0.4, -0.2) is 58.8 Å². The van der Waals surface area contributed by atoms with Crippen molar-refractivity contribution in [2.24, 2.45) is 5.92 Å². The number of para-hydroxylation sites is 1. The Hall–Kier alpha value is -3.23. The molecule has 0 saturated carbocycles. The van der Waals surface area contributed by atoms with Crippen molar-refractivity contribution in [2.45, 2.75) is 30.2 Å². The van der Waals surface area contributed by atoms with E-state index in [0.29, 0.717) is 30.8 Å². The average Bonchev–Trinajstić information content (AvgIpc) is 3.27. The van der Waals surface area contributed by atoms with Gasteiger partial charge in [0.15, 0.2) is 0 Å². The van der Waals surface area contributed by atoms with E-state index in [-0.39, 0.29) is 17.9 Å². The lowest BCUT2D eigenvalue weighted by atomic mass is 9.68. The maximum atomic E-state index is 13.2. The first-order chi connectivity index (χ1) is 17.5. The molecule has 1 aliphatic carbocycles. The molecule has 2 bridgehead atoms. The lowest BCUT2D eigenvalue weighted by Crippen LogP contribution is -2.47. The highest BCUT2D eigenvalue weighted by atomic mass is 32.2. The third-order valence-corrected chi connectivity index (χ3v) is 8.87. The fraction of sp³-hybridized carbons (Fsp3) is 0.357. The number of nitrogens with zero attached hydrogens (tertiary/aromatic N) is 2. The number of esters is 1. The number of benzene rings is 2. The SMILES string of the molecule is C/C=C1/CN(CCS(=O)c2ccccc2)[C@H]2C[C@@H]1[C@H](C(=O)OC)c1c2n(C(=O)OC)c2ccccc12. The van der Waals surface area contributed by atoms with Gasteiger partial charge in [-0.25, -0.2) is 9.36 Å². The van der Waals surface area contributed by atoms with Crippen molar-refractivity contribution in [2.75, 3.05) is 33.1 Å². The van der Waals surface area contributed by atoms with Gasteiger partial charge in [0.05, 0.1) is 48.2 Å². The zero-order valence-electron chi connectivity index (χ0n) is 20.7. The monoisotopic (exact) mass is 506 g/mol. The van der Waals surface area contributed by atoms with E-state index < -0.39 is 22.8 Å². The number of likely N-dealkylation sites (tertiary alicyclic amines) is 1. The summed E-state index contributed by atoms with van der Waals surface area (Å²) in [6.07, 6.45) is 2.26. The molecule has 1 aliphatic heterocycles. The molecule has 8 heteroatoms. The molecule has 188 valence electrons. The molecule has 1 fully saturated rings. The zero-order chi connectivity index (χ0) is 25.4. The summed E-state index contributed by atoms with van der Waals surface area (Å²) in [6.45, 7) is 3.21. The Morgan fingerprint density at radius 2 is 1.78 bits per heavy atom. The lowest BCUT2D eigenvalue weighted by molar-refractivity contribution is -0.144. The number of carbonyl (C=O) groups is 2. The Morgan fingerprint density at radius 3 is 2.47 bits per heavy atom. The summed E-state index contributed by atoms with van der Waals surface area (Å²) < 4.78 is 25.1. The van der Waals surface area contributed by atoms with Crippen LogP contribution in [0.2, 0.25) is 0 Å². The number of aromatic nitrogens is 1. The van der Waals surface area contributed by atoms with E-state index in [4.69, 9.17) is 9.47 Å². The molecule has 2 aliphatic rings. The van der Waals surface area contributed by atoms with Gasteiger partial charge >= 0.3 is 12.1 Å². The zero-order valence-corrected chi connectivity index (χ0v) is 21.5. The number of carbonyl (C=O) groups excluding carboxylic acids is 2. The van der Waals surface area contributed by atoms with Gasteiger partial charge in [0.1, 0.15) is 0 Å². The molecule has 0 amide bonds. The van der Waals surface area contributed by atoms with Crippen LogP contribution in [0, 0.1) is 5.92 Å². The van der Waals surface area contributed by atoms with Gasteiger partial charge in [-0.05, 0) is 37.1 Å². The maximum Gasteiger partial charge on any atom is 0.418 e. The molecule has 2 heterocycles. The minimum atomic E-state index is -1.14. The van der Waals surface area contributed by atoms with Gasteiger partial charge in [0.25, 0.3) is 0 Å². The molecule has 5 rings (SSSR count). The van der Waals surface area contributed by atoms with Crippen molar-refractivity contribution in [1.82, 2.24) is 9.47 Å². The highest BCUT2D eigenvalue weighted by Gasteiger charge is 2.49. The summed E-state index contributed by atoms with van der Waals surface area (Å²) in [4.78, 5) is 29.4. The van der Waals surface area contributed by atoms with Gasteiger partial charge in [-0.2, -0.15) is 0 Å². The summed E-state index contributed by atoms with van der Waals surface area (Å²) in [5.41, 5.74) is 3.48. The van der Waals surface area contributed by atoms with Crippen molar-refractivity contribution >= 4 is 33.8 Å². The van der Waals surface area contributed by atoms with Crippen LogP contribution in [0.3, 0.4) is 0 Å². The molecule has 0 radical (unpaired) electrons. The quantitative estimate of drug-likeness (QED) is 0.371. The maximum absolute atomic E-state index is 13.2. The van der Waals surface area contributed by atoms with Crippen LogP contribution in [0.4, 0.5) is 4.79 Å². The van der Waals surface area contributed by atoms with Crippen LogP contribution in [-0.2, 0) is 25.1 Å². The highest BCUT2D eigenvalue weighted by Crippen LogP contribution is 2.53. The number of hydrogen-bond donors (Lipinski definition) is 0. The van der Waals surface area contributed by atoms with Gasteiger partial charge in [0.2, 0.25) is 0 Å². The van der Waals surface area contributed by atoms with Crippen LogP contribution in [0.15, 0.2) is 71.1 Å². The van der Waals surface area contributed by atoms with Crippen LogP contribution in [0.5, 0.6) is 0 Å².